The first-order chi connectivity index (χ1) is 11.6. The second-order valence-corrected chi connectivity index (χ2v) is 5.02. The molecule has 0 unspecified atom stereocenters. The molecular formula is C17H16N4O3. The van der Waals surface area contributed by atoms with Gasteiger partial charge in [0.05, 0.1) is 7.11 Å². The summed E-state index contributed by atoms with van der Waals surface area (Å²) < 4.78 is 10.0. The molecule has 122 valence electrons. The topological polar surface area (TPSA) is 89.3 Å². The molecule has 2 amide bonds. The van der Waals surface area contributed by atoms with Crippen molar-refractivity contribution >= 4 is 17.4 Å². The van der Waals surface area contributed by atoms with Crippen molar-refractivity contribution in [1.29, 1.82) is 0 Å². The number of anilines is 2. The van der Waals surface area contributed by atoms with E-state index in [4.69, 9.17) is 9.26 Å². The molecule has 24 heavy (non-hydrogen) atoms. The summed E-state index contributed by atoms with van der Waals surface area (Å²) in [4.78, 5) is 16.2. The number of aromatic nitrogens is 2. The molecule has 1 heterocycles. The highest BCUT2D eigenvalue weighted by Gasteiger charge is 2.07. The summed E-state index contributed by atoms with van der Waals surface area (Å²) >= 11 is 0. The van der Waals surface area contributed by atoms with Crippen molar-refractivity contribution in [2.45, 2.75) is 6.92 Å². The summed E-state index contributed by atoms with van der Waals surface area (Å²) in [6.45, 7) is 1.73. The summed E-state index contributed by atoms with van der Waals surface area (Å²) in [6.07, 6.45) is 0. The molecule has 0 radical (unpaired) electrons. The van der Waals surface area contributed by atoms with Gasteiger partial charge in [-0.05, 0) is 48.5 Å². The van der Waals surface area contributed by atoms with Crippen LogP contribution in [0.5, 0.6) is 5.75 Å². The minimum absolute atomic E-state index is 0.330. The van der Waals surface area contributed by atoms with Gasteiger partial charge in [-0.2, -0.15) is 4.98 Å². The predicted molar refractivity (Wildman–Crippen MR) is 90.1 cm³/mol. The van der Waals surface area contributed by atoms with Crippen LogP contribution in [0.3, 0.4) is 0 Å². The predicted octanol–water partition coefficient (Wildman–Crippen LogP) is 3.70. The van der Waals surface area contributed by atoms with E-state index < -0.39 is 0 Å². The first-order valence-corrected chi connectivity index (χ1v) is 7.27. The van der Waals surface area contributed by atoms with Crippen molar-refractivity contribution in [3.63, 3.8) is 0 Å². The van der Waals surface area contributed by atoms with Crippen molar-refractivity contribution in [2.75, 3.05) is 17.7 Å². The first-order valence-electron chi connectivity index (χ1n) is 7.27. The molecule has 3 aromatic rings. The Labute approximate surface area is 138 Å². The lowest BCUT2D eigenvalue weighted by molar-refractivity contribution is 0.262. The monoisotopic (exact) mass is 324 g/mol. The molecule has 0 aliphatic carbocycles. The largest absolute Gasteiger partial charge is 0.497 e. The molecule has 0 atom stereocenters. The van der Waals surface area contributed by atoms with E-state index in [0.717, 1.165) is 11.3 Å². The molecule has 7 heteroatoms. The number of nitrogens with zero attached hydrogens (tertiary/aromatic N) is 2. The fourth-order valence-electron chi connectivity index (χ4n) is 2.09. The highest BCUT2D eigenvalue weighted by molar-refractivity contribution is 5.99. The van der Waals surface area contributed by atoms with Crippen LogP contribution >= 0.6 is 0 Å². The van der Waals surface area contributed by atoms with Crippen LogP contribution in [-0.2, 0) is 0 Å². The van der Waals surface area contributed by atoms with Gasteiger partial charge in [-0.3, -0.25) is 0 Å². The maximum Gasteiger partial charge on any atom is 0.323 e. The van der Waals surface area contributed by atoms with Gasteiger partial charge in [-0.15, -0.1) is 0 Å². The number of urea groups is 1. The Morgan fingerprint density at radius 3 is 2.08 bits per heavy atom. The van der Waals surface area contributed by atoms with Crippen molar-refractivity contribution in [3.05, 3.63) is 54.4 Å². The Kier molecular flexibility index (Phi) is 4.42. The Hall–Kier alpha value is -3.35. The van der Waals surface area contributed by atoms with Gasteiger partial charge in [-0.25, -0.2) is 4.79 Å². The van der Waals surface area contributed by atoms with Crippen LogP contribution in [0, 0.1) is 6.92 Å². The van der Waals surface area contributed by atoms with Crippen molar-refractivity contribution in [2.24, 2.45) is 0 Å². The zero-order chi connectivity index (χ0) is 16.9. The van der Waals surface area contributed by atoms with E-state index in [0.29, 0.717) is 23.1 Å². The number of carbonyl (C=O) groups is 1. The maximum atomic E-state index is 12.0. The molecule has 0 spiro atoms. The van der Waals surface area contributed by atoms with Crippen LogP contribution in [-0.4, -0.2) is 23.3 Å². The number of hydrogen-bond donors (Lipinski definition) is 2. The quantitative estimate of drug-likeness (QED) is 0.764. The van der Waals surface area contributed by atoms with Gasteiger partial charge >= 0.3 is 6.03 Å². The average Bonchev–Trinajstić information content (AvgIpc) is 3.02. The Morgan fingerprint density at radius 2 is 1.58 bits per heavy atom. The molecule has 0 aliphatic rings. The van der Waals surface area contributed by atoms with Crippen LogP contribution in [0.4, 0.5) is 16.2 Å². The molecule has 0 fully saturated rings. The van der Waals surface area contributed by atoms with E-state index in [9.17, 15) is 4.79 Å². The molecule has 1 aromatic heterocycles. The summed E-state index contributed by atoms with van der Waals surface area (Å²) in [5.41, 5.74) is 2.14. The summed E-state index contributed by atoms with van der Waals surface area (Å²) in [6, 6.07) is 13.9. The fourth-order valence-corrected chi connectivity index (χ4v) is 2.09. The number of benzene rings is 2. The number of methoxy groups -OCH3 is 1. The Morgan fingerprint density at radius 1 is 1.00 bits per heavy atom. The number of rotatable bonds is 4. The second kappa shape index (κ2) is 6.82. The molecule has 0 bridgehead atoms. The molecular weight excluding hydrogens is 308 g/mol. The van der Waals surface area contributed by atoms with Crippen molar-refractivity contribution in [3.8, 4) is 17.1 Å². The van der Waals surface area contributed by atoms with Gasteiger partial charge in [0.1, 0.15) is 5.75 Å². The van der Waals surface area contributed by atoms with E-state index in [2.05, 4.69) is 20.8 Å². The lowest BCUT2D eigenvalue weighted by Gasteiger charge is -2.08. The van der Waals surface area contributed by atoms with Gasteiger partial charge in [0, 0.05) is 23.9 Å². The minimum atomic E-state index is -0.330. The zero-order valence-corrected chi connectivity index (χ0v) is 13.2. The summed E-state index contributed by atoms with van der Waals surface area (Å²) in [7, 11) is 1.59. The number of amides is 2. The van der Waals surface area contributed by atoms with Gasteiger partial charge in [0.15, 0.2) is 0 Å². The van der Waals surface area contributed by atoms with E-state index in [1.165, 1.54) is 0 Å². The second-order valence-electron chi connectivity index (χ2n) is 5.02. The maximum absolute atomic E-state index is 12.0. The lowest BCUT2D eigenvalue weighted by atomic mass is 10.2. The Balaban J connectivity index is 1.61. The molecule has 0 aliphatic heterocycles. The first kappa shape index (κ1) is 15.5. The van der Waals surface area contributed by atoms with E-state index in [1.807, 2.05) is 12.1 Å². The summed E-state index contributed by atoms with van der Waals surface area (Å²) in [5, 5.41) is 9.35. The van der Waals surface area contributed by atoms with Gasteiger partial charge < -0.3 is 19.9 Å². The highest BCUT2D eigenvalue weighted by Crippen LogP contribution is 2.19. The third-order valence-corrected chi connectivity index (χ3v) is 3.28. The van der Waals surface area contributed by atoms with Crippen LogP contribution in [0.1, 0.15) is 5.89 Å². The van der Waals surface area contributed by atoms with Crippen LogP contribution in [0.15, 0.2) is 53.1 Å². The molecule has 3 rings (SSSR count). The summed E-state index contributed by atoms with van der Waals surface area (Å²) in [5.74, 6) is 1.75. The Bertz CT molecular complexity index is 826. The molecule has 2 N–H and O–H groups in total. The zero-order valence-electron chi connectivity index (χ0n) is 13.2. The van der Waals surface area contributed by atoms with Crippen molar-refractivity contribution < 1.29 is 14.1 Å². The molecule has 2 aromatic carbocycles. The third kappa shape index (κ3) is 3.70. The van der Waals surface area contributed by atoms with E-state index in [1.54, 1.807) is 50.4 Å². The standard InChI is InChI=1S/C17H16N4O3/c1-11-18-16(21-24-11)12-3-5-13(6-4-12)19-17(22)20-14-7-9-15(23-2)10-8-14/h3-10H,1-2H3,(H2,19,20,22). The van der Waals surface area contributed by atoms with Gasteiger partial charge in [0.25, 0.3) is 0 Å². The van der Waals surface area contributed by atoms with Crippen LogP contribution in [0.25, 0.3) is 11.4 Å². The van der Waals surface area contributed by atoms with Crippen LogP contribution in [0.2, 0.25) is 0 Å². The number of hydrogen-bond acceptors (Lipinski definition) is 5. The van der Waals surface area contributed by atoms with Gasteiger partial charge in [0.2, 0.25) is 11.7 Å². The number of ether oxygens (including phenoxy) is 1. The number of aryl methyl sites for hydroxylation is 1. The lowest BCUT2D eigenvalue weighted by Crippen LogP contribution is -2.19. The highest BCUT2D eigenvalue weighted by atomic mass is 16.5. The molecule has 0 saturated heterocycles. The normalized spacial score (nSPS) is 10.2. The number of carbonyl (C=O) groups excluding carboxylic acids is 1. The van der Waals surface area contributed by atoms with Gasteiger partial charge in [-0.1, -0.05) is 5.16 Å². The number of nitrogens with one attached hydrogen (secondary N) is 2. The minimum Gasteiger partial charge on any atom is -0.497 e. The average molecular weight is 324 g/mol. The fraction of sp³-hybridized carbons (Fsp3) is 0.118. The van der Waals surface area contributed by atoms with E-state index in [-0.39, 0.29) is 6.03 Å². The molecule has 7 nitrogen and oxygen atoms in total. The third-order valence-electron chi connectivity index (χ3n) is 3.28. The smallest absolute Gasteiger partial charge is 0.323 e. The van der Waals surface area contributed by atoms with Crippen molar-refractivity contribution in [1.82, 2.24) is 10.1 Å². The SMILES string of the molecule is COc1ccc(NC(=O)Nc2ccc(-c3noc(C)n3)cc2)cc1. The van der Waals surface area contributed by atoms with E-state index >= 15 is 0 Å². The molecule has 0 saturated carbocycles. The van der Waals surface area contributed by atoms with Crippen LogP contribution < -0.4 is 15.4 Å².